The first-order valence-electron chi connectivity index (χ1n) is 6.31. The molecule has 0 atom stereocenters. The Labute approximate surface area is 115 Å². The largest absolute Gasteiger partial charge is 0.334 e. The lowest BCUT2D eigenvalue weighted by Crippen LogP contribution is -2.10. The predicted molar refractivity (Wildman–Crippen MR) is 72.7 cm³/mol. The fourth-order valence-corrected chi connectivity index (χ4v) is 1.95. The number of aromatic nitrogens is 5. The zero-order valence-corrected chi connectivity index (χ0v) is 11.0. The number of benzene rings is 1. The summed E-state index contributed by atoms with van der Waals surface area (Å²) >= 11 is 0. The molecule has 7 nitrogen and oxygen atoms in total. The Balaban J connectivity index is 1.93. The van der Waals surface area contributed by atoms with Crippen LogP contribution >= 0.6 is 0 Å². The van der Waals surface area contributed by atoms with Gasteiger partial charge in [0, 0.05) is 5.56 Å². The van der Waals surface area contributed by atoms with Gasteiger partial charge >= 0.3 is 0 Å². The van der Waals surface area contributed by atoms with Crippen LogP contribution in [-0.2, 0) is 6.42 Å². The maximum atomic E-state index is 5.33. The van der Waals surface area contributed by atoms with Crippen molar-refractivity contribution in [3.05, 3.63) is 36.0 Å². The van der Waals surface area contributed by atoms with Crippen molar-refractivity contribution in [1.82, 2.24) is 30.9 Å². The highest BCUT2D eigenvalue weighted by Gasteiger charge is 2.14. The summed E-state index contributed by atoms with van der Waals surface area (Å²) in [5.41, 5.74) is 2.68. The van der Waals surface area contributed by atoms with E-state index in [1.54, 1.807) is 6.20 Å². The Morgan fingerprint density at radius 1 is 1.30 bits per heavy atom. The van der Waals surface area contributed by atoms with Gasteiger partial charge in [0.2, 0.25) is 5.82 Å². The third kappa shape index (κ3) is 2.43. The molecule has 7 heteroatoms. The third-order valence-corrected chi connectivity index (χ3v) is 2.96. The second-order valence-corrected chi connectivity index (χ2v) is 4.29. The molecule has 0 amide bonds. The summed E-state index contributed by atoms with van der Waals surface area (Å²) in [4.78, 5) is 4.37. The minimum atomic E-state index is 0.428. The van der Waals surface area contributed by atoms with E-state index in [9.17, 15) is 0 Å². The molecule has 0 bridgehead atoms. The molecule has 0 saturated heterocycles. The Bertz CT molecular complexity index is 676. The van der Waals surface area contributed by atoms with E-state index in [0.717, 1.165) is 24.1 Å². The van der Waals surface area contributed by atoms with Crippen LogP contribution in [0.3, 0.4) is 0 Å². The highest BCUT2D eigenvalue weighted by molar-refractivity contribution is 5.60. The zero-order valence-electron chi connectivity index (χ0n) is 11.0. The van der Waals surface area contributed by atoms with Crippen molar-refractivity contribution in [2.45, 2.75) is 6.42 Å². The number of rotatable bonds is 5. The Kier molecular flexibility index (Phi) is 3.51. The number of nitrogens with one attached hydrogen (secondary N) is 2. The van der Waals surface area contributed by atoms with E-state index in [-0.39, 0.29) is 0 Å². The molecule has 0 fully saturated rings. The first-order chi connectivity index (χ1) is 9.88. The summed E-state index contributed by atoms with van der Waals surface area (Å²) in [5.74, 6) is 0.923. The van der Waals surface area contributed by atoms with Gasteiger partial charge in [0.25, 0.3) is 5.89 Å². The minimum Gasteiger partial charge on any atom is -0.334 e. The molecule has 0 aliphatic heterocycles. The van der Waals surface area contributed by atoms with Crippen molar-refractivity contribution < 1.29 is 4.52 Å². The van der Waals surface area contributed by atoms with Crippen LogP contribution in [0.1, 0.15) is 5.56 Å². The number of H-pyrrole nitrogens is 1. The quantitative estimate of drug-likeness (QED) is 0.725. The SMILES string of the molecule is CNCCc1ccccc1-c1nc(-c2cn[nH]n2)no1. The Morgan fingerprint density at radius 3 is 3.00 bits per heavy atom. The van der Waals surface area contributed by atoms with Crippen molar-refractivity contribution >= 4 is 0 Å². The van der Waals surface area contributed by atoms with E-state index in [1.807, 2.05) is 25.2 Å². The lowest BCUT2D eigenvalue weighted by Gasteiger charge is -2.04. The normalized spacial score (nSPS) is 10.8. The van der Waals surface area contributed by atoms with Gasteiger partial charge in [-0.25, -0.2) is 0 Å². The van der Waals surface area contributed by atoms with Gasteiger partial charge in [-0.15, -0.1) is 0 Å². The van der Waals surface area contributed by atoms with E-state index in [2.05, 4.69) is 36.9 Å². The molecule has 0 aliphatic carbocycles. The monoisotopic (exact) mass is 270 g/mol. The number of aromatic amines is 1. The van der Waals surface area contributed by atoms with Crippen LogP contribution in [-0.4, -0.2) is 39.1 Å². The lowest BCUT2D eigenvalue weighted by atomic mass is 10.0. The van der Waals surface area contributed by atoms with Crippen LogP contribution in [0.25, 0.3) is 23.0 Å². The summed E-state index contributed by atoms with van der Waals surface area (Å²) in [5, 5.41) is 17.3. The van der Waals surface area contributed by atoms with Gasteiger partial charge in [0.05, 0.1) is 6.20 Å². The minimum absolute atomic E-state index is 0.428. The van der Waals surface area contributed by atoms with Gasteiger partial charge in [-0.1, -0.05) is 23.4 Å². The number of likely N-dealkylation sites (N-methyl/N-ethyl adjacent to an activating group) is 1. The fourth-order valence-electron chi connectivity index (χ4n) is 1.95. The van der Waals surface area contributed by atoms with E-state index in [1.165, 1.54) is 0 Å². The van der Waals surface area contributed by atoms with Crippen molar-refractivity contribution in [2.24, 2.45) is 0 Å². The molecule has 3 rings (SSSR count). The van der Waals surface area contributed by atoms with E-state index in [4.69, 9.17) is 4.52 Å². The smallest absolute Gasteiger partial charge is 0.258 e. The summed E-state index contributed by atoms with van der Waals surface area (Å²) in [6, 6.07) is 8.00. The molecule has 20 heavy (non-hydrogen) atoms. The summed E-state index contributed by atoms with van der Waals surface area (Å²) in [6.45, 7) is 0.890. The molecule has 2 aromatic heterocycles. The van der Waals surface area contributed by atoms with Gasteiger partial charge in [0.15, 0.2) is 5.69 Å². The highest BCUT2D eigenvalue weighted by Crippen LogP contribution is 2.24. The average Bonchev–Trinajstić information content (AvgIpc) is 3.15. The van der Waals surface area contributed by atoms with Crippen molar-refractivity contribution in [2.75, 3.05) is 13.6 Å². The molecular formula is C13H14N6O. The molecule has 1 aromatic carbocycles. The molecule has 0 aliphatic rings. The molecular weight excluding hydrogens is 256 g/mol. The maximum Gasteiger partial charge on any atom is 0.258 e. The first kappa shape index (κ1) is 12.5. The summed E-state index contributed by atoms with van der Waals surface area (Å²) < 4.78 is 5.33. The van der Waals surface area contributed by atoms with Crippen molar-refractivity contribution in [3.8, 4) is 23.0 Å². The van der Waals surface area contributed by atoms with Gasteiger partial charge in [-0.3, -0.25) is 0 Å². The second-order valence-electron chi connectivity index (χ2n) is 4.29. The molecule has 2 N–H and O–H groups in total. The lowest BCUT2D eigenvalue weighted by molar-refractivity contribution is 0.431. The predicted octanol–water partition coefficient (Wildman–Crippen LogP) is 1.28. The van der Waals surface area contributed by atoms with E-state index < -0.39 is 0 Å². The van der Waals surface area contributed by atoms with E-state index in [0.29, 0.717) is 17.4 Å². The number of hydrogen-bond donors (Lipinski definition) is 2. The third-order valence-electron chi connectivity index (χ3n) is 2.96. The van der Waals surface area contributed by atoms with Crippen molar-refractivity contribution in [3.63, 3.8) is 0 Å². The molecule has 0 radical (unpaired) electrons. The molecule has 0 saturated carbocycles. The first-order valence-corrected chi connectivity index (χ1v) is 6.31. The summed E-state index contributed by atoms with van der Waals surface area (Å²) in [6.07, 6.45) is 2.45. The van der Waals surface area contributed by atoms with Gasteiger partial charge < -0.3 is 9.84 Å². The fraction of sp³-hybridized carbons (Fsp3) is 0.231. The Morgan fingerprint density at radius 2 is 2.20 bits per heavy atom. The van der Waals surface area contributed by atoms with Gasteiger partial charge in [0.1, 0.15) is 0 Å². The van der Waals surface area contributed by atoms with E-state index >= 15 is 0 Å². The topological polar surface area (TPSA) is 92.5 Å². The maximum absolute atomic E-state index is 5.33. The van der Waals surface area contributed by atoms with Crippen LogP contribution in [0.15, 0.2) is 35.0 Å². The molecule has 102 valence electrons. The van der Waals surface area contributed by atoms with Crippen LogP contribution < -0.4 is 5.32 Å². The van der Waals surface area contributed by atoms with Gasteiger partial charge in [-0.05, 0) is 31.6 Å². The summed E-state index contributed by atoms with van der Waals surface area (Å²) in [7, 11) is 1.93. The molecule has 3 aromatic rings. The molecule has 0 spiro atoms. The van der Waals surface area contributed by atoms with Crippen molar-refractivity contribution in [1.29, 1.82) is 0 Å². The average molecular weight is 270 g/mol. The molecule has 2 heterocycles. The van der Waals surface area contributed by atoms with Gasteiger partial charge in [-0.2, -0.15) is 20.4 Å². The number of nitrogens with zero attached hydrogens (tertiary/aromatic N) is 4. The molecule has 0 unspecified atom stereocenters. The highest BCUT2D eigenvalue weighted by atomic mass is 16.5. The standard InChI is InChI=1S/C13H14N6O/c1-14-7-6-9-4-2-3-5-10(9)13-16-12(18-20-13)11-8-15-19-17-11/h2-5,8,14H,6-7H2,1H3,(H,15,17,19). The van der Waals surface area contributed by atoms with Crippen LogP contribution in [0.5, 0.6) is 0 Å². The van der Waals surface area contributed by atoms with Crippen LogP contribution in [0, 0.1) is 0 Å². The number of hydrogen-bond acceptors (Lipinski definition) is 6. The zero-order chi connectivity index (χ0) is 13.8. The van der Waals surface area contributed by atoms with Crippen LogP contribution in [0.4, 0.5) is 0 Å². The van der Waals surface area contributed by atoms with Crippen LogP contribution in [0.2, 0.25) is 0 Å². The second kappa shape index (κ2) is 5.62. The Hall–Kier alpha value is -2.54.